The van der Waals surface area contributed by atoms with E-state index in [1.165, 1.54) is 48.3 Å². The number of amides is 2. The number of hydrogen-bond donors (Lipinski definition) is 2. The van der Waals surface area contributed by atoms with Crippen molar-refractivity contribution in [3.8, 4) is 0 Å². The summed E-state index contributed by atoms with van der Waals surface area (Å²) in [6.45, 7) is 0. The number of nitrogens with zero attached hydrogens (tertiary/aromatic N) is 1. The van der Waals surface area contributed by atoms with Gasteiger partial charge in [-0.25, -0.2) is 8.78 Å². The zero-order valence-electron chi connectivity index (χ0n) is 14.5. The van der Waals surface area contributed by atoms with Gasteiger partial charge in [-0.05, 0) is 54.6 Å². The van der Waals surface area contributed by atoms with Gasteiger partial charge in [0.25, 0.3) is 5.91 Å². The first-order valence-corrected chi connectivity index (χ1v) is 9.20. The second-order valence-corrected chi connectivity index (χ2v) is 6.70. The maximum atomic E-state index is 13.6. The Bertz CT molecular complexity index is 983. The number of halogens is 2. The number of carbonyl (C=O) groups excluding carboxylic acids is 2. The van der Waals surface area contributed by atoms with Crippen LogP contribution in [0.5, 0.6) is 0 Å². The van der Waals surface area contributed by atoms with Crippen LogP contribution in [0.15, 0.2) is 71.8 Å². The third kappa shape index (κ3) is 5.37. The number of rotatable bonds is 6. The molecule has 8 heteroatoms. The van der Waals surface area contributed by atoms with Crippen molar-refractivity contribution in [1.29, 1.82) is 0 Å². The predicted octanol–water partition coefficient (Wildman–Crippen LogP) is 4.34. The lowest BCUT2D eigenvalue weighted by Gasteiger charge is -2.12. The lowest BCUT2D eigenvalue weighted by atomic mass is 10.2. The lowest BCUT2D eigenvalue weighted by molar-refractivity contribution is -0.113. The smallest absolute Gasteiger partial charge is 0.274 e. The van der Waals surface area contributed by atoms with E-state index >= 15 is 0 Å². The van der Waals surface area contributed by atoms with Crippen molar-refractivity contribution in [2.24, 2.45) is 0 Å². The Morgan fingerprint density at radius 2 is 1.64 bits per heavy atom. The largest absolute Gasteiger partial charge is 0.323 e. The highest BCUT2D eigenvalue weighted by atomic mass is 32.2. The molecule has 1 aromatic heterocycles. The molecular formula is C20H15F2N3O2S. The van der Waals surface area contributed by atoms with Gasteiger partial charge in [0.1, 0.15) is 17.3 Å². The molecule has 0 spiro atoms. The van der Waals surface area contributed by atoms with Crippen molar-refractivity contribution in [3.63, 3.8) is 0 Å². The Labute approximate surface area is 164 Å². The maximum absolute atomic E-state index is 13.6. The number of benzene rings is 2. The first-order valence-electron chi connectivity index (χ1n) is 8.21. The second-order valence-electron chi connectivity index (χ2n) is 5.65. The average Bonchev–Trinajstić information content (AvgIpc) is 2.70. The molecule has 0 atom stereocenters. The Kier molecular flexibility index (Phi) is 6.33. The second kappa shape index (κ2) is 9.09. The number of aromatic nitrogens is 1. The Morgan fingerprint density at radius 3 is 2.36 bits per heavy atom. The van der Waals surface area contributed by atoms with Crippen LogP contribution < -0.4 is 10.6 Å². The van der Waals surface area contributed by atoms with Crippen LogP contribution in [0.2, 0.25) is 0 Å². The number of pyridine rings is 1. The number of thioether (sulfide) groups is 1. The molecule has 0 saturated heterocycles. The van der Waals surface area contributed by atoms with Gasteiger partial charge >= 0.3 is 0 Å². The fourth-order valence-corrected chi connectivity index (χ4v) is 2.98. The Morgan fingerprint density at radius 1 is 0.893 bits per heavy atom. The van der Waals surface area contributed by atoms with Crippen LogP contribution >= 0.6 is 11.8 Å². The maximum Gasteiger partial charge on any atom is 0.274 e. The summed E-state index contributed by atoms with van der Waals surface area (Å²) in [5.41, 5.74) is 0.571. The minimum atomic E-state index is -0.558. The van der Waals surface area contributed by atoms with Crippen molar-refractivity contribution in [2.45, 2.75) is 4.90 Å². The van der Waals surface area contributed by atoms with Crippen LogP contribution in [0.25, 0.3) is 0 Å². The molecule has 0 bridgehead atoms. The number of anilines is 2. The molecule has 0 fully saturated rings. The third-order valence-corrected chi connectivity index (χ3v) is 4.60. The summed E-state index contributed by atoms with van der Waals surface area (Å²) in [7, 11) is 0. The molecule has 5 nitrogen and oxygen atoms in total. The molecule has 0 aliphatic rings. The van der Waals surface area contributed by atoms with Crippen molar-refractivity contribution in [3.05, 3.63) is 84.2 Å². The quantitative estimate of drug-likeness (QED) is 0.605. The minimum Gasteiger partial charge on any atom is -0.323 e. The van der Waals surface area contributed by atoms with Gasteiger partial charge in [0, 0.05) is 11.1 Å². The van der Waals surface area contributed by atoms with E-state index in [4.69, 9.17) is 0 Å². The van der Waals surface area contributed by atoms with E-state index in [9.17, 15) is 18.4 Å². The molecule has 0 radical (unpaired) electrons. The van der Waals surface area contributed by atoms with Gasteiger partial charge < -0.3 is 10.6 Å². The van der Waals surface area contributed by atoms with Crippen molar-refractivity contribution >= 4 is 35.0 Å². The highest BCUT2D eigenvalue weighted by molar-refractivity contribution is 8.00. The monoisotopic (exact) mass is 399 g/mol. The zero-order chi connectivity index (χ0) is 19.9. The van der Waals surface area contributed by atoms with E-state index < -0.39 is 17.6 Å². The zero-order valence-corrected chi connectivity index (χ0v) is 15.3. The molecule has 3 aromatic rings. The SMILES string of the molecule is O=C(CSc1ccc(F)cc1)Nc1cc(F)ccc1NC(=O)c1ccccn1. The van der Waals surface area contributed by atoms with E-state index in [1.54, 1.807) is 24.3 Å². The minimum absolute atomic E-state index is 0.0375. The molecule has 0 aliphatic carbocycles. The summed E-state index contributed by atoms with van der Waals surface area (Å²) in [6.07, 6.45) is 1.48. The van der Waals surface area contributed by atoms with Crippen LogP contribution in [0.3, 0.4) is 0 Å². The van der Waals surface area contributed by atoms with Crippen LogP contribution in [-0.4, -0.2) is 22.6 Å². The summed E-state index contributed by atoms with van der Waals surface area (Å²) >= 11 is 1.21. The fourth-order valence-electron chi connectivity index (χ4n) is 2.28. The lowest BCUT2D eigenvalue weighted by Crippen LogP contribution is -2.18. The van der Waals surface area contributed by atoms with E-state index in [1.807, 2.05) is 0 Å². The van der Waals surface area contributed by atoms with Crippen LogP contribution in [-0.2, 0) is 4.79 Å². The summed E-state index contributed by atoms with van der Waals surface area (Å²) in [5.74, 6) is -1.76. The molecule has 0 unspecified atom stereocenters. The number of hydrogen-bond acceptors (Lipinski definition) is 4. The molecule has 28 heavy (non-hydrogen) atoms. The Hall–Kier alpha value is -3.26. The molecule has 142 valence electrons. The predicted molar refractivity (Wildman–Crippen MR) is 104 cm³/mol. The third-order valence-electron chi connectivity index (χ3n) is 3.59. The number of nitrogens with one attached hydrogen (secondary N) is 2. The molecule has 0 aliphatic heterocycles. The summed E-state index contributed by atoms with van der Waals surface area (Å²) < 4.78 is 26.5. The summed E-state index contributed by atoms with van der Waals surface area (Å²) in [5, 5.41) is 5.19. The Balaban J connectivity index is 1.67. The molecule has 1 heterocycles. The van der Waals surface area contributed by atoms with Gasteiger partial charge in [-0.15, -0.1) is 11.8 Å². The molecule has 2 aromatic carbocycles. The molecule has 2 N–H and O–H groups in total. The van der Waals surface area contributed by atoms with Crippen LogP contribution in [0.1, 0.15) is 10.5 Å². The summed E-state index contributed by atoms with van der Waals surface area (Å²) in [4.78, 5) is 29.1. The molecular weight excluding hydrogens is 384 g/mol. The van der Waals surface area contributed by atoms with E-state index in [2.05, 4.69) is 15.6 Å². The fraction of sp³-hybridized carbons (Fsp3) is 0.0500. The van der Waals surface area contributed by atoms with Gasteiger partial charge in [0.2, 0.25) is 5.91 Å². The standard InChI is InChI=1S/C20H15F2N3O2S/c21-13-4-7-15(8-5-13)28-12-19(26)24-18-11-14(22)6-9-16(18)25-20(27)17-3-1-2-10-23-17/h1-11H,12H2,(H,24,26)(H,25,27). The van der Waals surface area contributed by atoms with E-state index in [0.717, 1.165) is 11.0 Å². The first-order chi connectivity index (χ1) is 13.5. The first kappa shape index (κ1) is 19.5. The molecule has 0 saturated carbocycles. The van der Waals surface area contributed by atoms with Gasteiger partial charge in [-0.3, -0.25) is 14.6 Å². The van der Waals surface area contributed by atoms with Crippen molar-refractivity contribution in [1.82, 2.24) is 4.98 Å². The highest BCUT2D eigenvalue weighted by Crippen LogP contribution is 2.24. The van der Waals surface area contributed by atoms with Crippen LogP contribution in [0, 0.1) is 11.6 Å². The van der Waals surface area contributed by atoms with Gasteiger partial charge in [-0.1, -0.05) is 6.07 Å². The summed E-state index contributed by atoms with van der Waals surface area (Å²) in [6, 6.07) is 14.3. The van der Waals surface area contributed by atoms with E-state index in [0.29, 0.717) is 0 Å². The van der Waals surface area contributed by atoms with Crippen molar-refractivity contribution < 1.29 is 18.4 Å². The van der Waals surface area contributed by atoms with E-state index in [-0.39, 0.29) is 28.6 Å². The van der Waals surface area contributed by atoms with Gasteiger partial charge in [-0.2, -0.15) is 0 Å². The normalized spacial score (nSPS) is 10.4. The number of carbonyl (C=O) groups is 2. The topological polar surface area (TPSA) is 71.1 Å². The highest BCUT2D eigenvalue weighted by Gasteiger charge is 2.13. The van der Waals surface area contributed by atoms with Crippen molar-refractivity contribution in [2.75, 3.05) is 16.4 Å². The average molecular weight is 399 g/mol. The van der Waals surface area contributed by atoms with Crippen LogP contribution in [0.4, 0.5) is 20.2 Å². The van der Waals surface area contributed by atoms with Gasteiger partial charge in [0.05, 0.1) is 17.1 Å². The molecule has 3 rings (SSSR count). The van der Waals surface area contributed by atoms with Gasteiger partial charge in [0.15, 0.2) is 0 Å². The molecule has 2 amide bonds.